The third-order valence-corrected chi connectivity index (χ3v) is 6.17. The fraction of sp³-hybridized carbons (Fsp3) is 0.286. The van der Waals surface area contributed by atoms with Crippen LogP contribution in [0.1, 0.15) is 43.5 Å². The summed E-state index contributed by atoms with van der Waals surface area (Å²) < 4.78 is 16.1. The Hall–Kier alpha value is -3.47. The summed E-state index contributed by atoms with van der Waals surface area (Å²) in [6.07, 6.45) is 8.40. The topological polar surface area (TPSA) is 60.9 Å². The fourth-order valence-corrected chi connectivity index (χ4v) is 4.35. The number of fused-ring (bicyclic) bond motifs is 3. The summed E-state index contributed by atoms with van der Waals surface area (Å²) in [5.41, 5.74) is 12.3. The van der Waals surface area contributed by atoms with Crippen molar-refractivity contribution in [1.82, 2.24) is 9.55 Å². The summed E-state index contributed by atoms with van der Waals surface area (Å²) in [5, 5.41) is 1.34. The molecule has 0 atom stereocenters. The molecule has 1 amide bonds. The fourth-order valence-electron chi connectivity index (χ4n) is 4.35. The predicted molar refractivity (Wildman–Crippen MR) is 131 cm³/mol. The minimum Gasteiger partial charge on any atom is -0.369 e. The van der Waals surface area contributed by atoms with Crippen molar-refractivity contribution in [1.29, 1.82) is 0 Å². The normalized spacial score (nSPS) is 12.8. The molecule has 1 aliphatic carbocycles. The van der Waals surface area contributed by atoms with E-state index in [2.05, 4.69) is 33.8 Å². The second kappa shape index (κ2) is 9.99. The number of halogens is 1. The van der Waals surface area contributed by atoms with Gasteiger partial charge in [0, 0.05) is 47.0 Å². The molecule has 33 heavy (non-hydrogen) atoms. The van der Waals surface area contributed by atoms with Crippen LogP contribution in [-0.2, 0) is 24.2 Å². The average molecular weight is 444 g/mol. The molecule has 170 valence electrons. The maximum Gasteiger partial charge on any atom is 0.219 e. The predicted octanol–water partition coefficient (Wildman–Crippen LogP) is 5.90. The van der Waals surface area contributed by atoms with E-state index in [0.29, 0.717) is 0 Å². The summed E-state index contributed by atoms with van der Waals surface area (Å²) in [6.45, 7) is 4.25. The molecule has 4 aromatic rings. The van der Waals surface area contributed by atoms with Gasteiger partial charge in [0.1, 0.15) is 5.82 Å². The Labute approximate surface area is 194 Å². The van der Waals surface area contributed by atoms with Crippen LogP contribution in [-0.4, -0.2) is 15.5 Å². The molecule has 0 saturated carbocycles. The lowest BCUT2D eigenvalue weighted by molar-refractivity contribution is -0.120. The van der Waals surface area contributed by atoms with E-state index in [1.807, 2.05) is 18.3 Å². The molecule has 2 heterocycles. The first kappa shape index (κ1) is 22.7. The van der Waals surface area contributed by atoms with Gasteiger partial charge in [-0.25, -0.2) is 4.39 Å². The van der Waals surface area contributed by atoms with Gasteiger partial charge >= 0.3 is 0 Å². The molecule has 5 heteroatoms. The van der Waals surface area contributed by atoms with Crippen LogP contribution < -0.4 is 5.73 Å². The summed E-state index contributed by atoms with van der Waals surface area (Å²) in [7, 11) is 0. The van der Waals surface area contributed by atoms with Crippen LogP contribution in [0.25, 0.3) is 22.0 Å². The Morgan fingerprint density at radius 2 is 1.85 bits per heavy atom. The van der Waals surface area contributed by atoms with Crippen molar-refractivity contribution < 1.29 is 9.18 Å². The molecule has 0 aliphatic heterocycles. The first-order valence-corrected chi connectivity index (χ1v) is 11.5. The lowest BCUT2D eigenvalue weighted by Gasteiger charge is -2.16. The molecule has 1 aliphatic rings. The lowest BCUT2D eigenvalue weighted by Crippen LogP contribution is -2.17. The van der Waals surface area contributed by atoms with Gasteiger partial charge in [0.2, 0.25) is 5.91 Å². The Morgan fingerprint density at radius 1 is 1.06 bits per heavy atom. The van der Waals surface area contributed by atoms with Gasteiger partial charge in [0.25, 0.3) is 0 Å². The van der Waals surface area contributed by atoms with E-state index in [1.165, 1.54) is 46.6 Å². The maximum absolute atomic E-state index is 13.7. The maximum atomic E-state index is 13.7. The van der Waals surface area contributed by atoms with E-state index < -0.39 is 0 Å². The Balaban J connectivity index is 0.000000385. The van der Waals surface area contributed by atoms with Gasteiger partial charge < -0.3 is 10.3 Å². The van der Waals surface area contributed by atoms with Crippen molar-refractivity contribution in [3.8, 4) is 11.1 Å². The van der Waals surface area contributed by atoms with Gasteiger partial charge in [-0.05, 0) is 72.7 Å². The Morgan fingerprint density at radius 3 is 2.55 bits per heavy atom. The number of hydrogen-bond donors (Lipinski definition) is 1. The highest BCUT2D eigenvalue weighted by Crippen LogP contribution is 2.35. The molecule has 5 rings (SSSR count). The highest BCUT2D eigenvalue weighted by molar-refractivity contribution is 5.90. The molecule has 0 unspecified atom stereocenters. The van der Waals surface area contributed by atoms with Crippen LogP contribution in [0.5, 0.6) is 0 Å². The number of nitrogens with zero attached hydrogens (tertiary/aromatic N) is 2. The van der Waals surface area contributed by atoms with E-state index in [1.54, 1.807) is 32.2 Å². The van der Waals surface area contributed by atoms with Crippen LogP contribution in [0, 0.1) is 11.7 Å². The number of carbonyl (C=O) groups is 1. The summed E-state index contributed by atoms with van der Waals surface area (Å²) >= 11 is 0. The third-order valence-electron chi connectivity index (χ3n) is 6.17. The highest BCUT2D eigenvalue weighted by atomic mass is 19.1. The minimum atomic E-state index is -0.241. The van der Waals surface area contributed by atoms with Crippen LogP contribution in [0.15, 0.2) is 67.0 Å². The second-order valence-corrected chi connectivity index (χ2v) is 8.88. The number of primary amides is 1. The van der Waals surface area contributed by atoms with Gasteiger partial charge in [-0.1, -0.05) is 38.1 Å². The standard InChI is InChI=1S/C24H21FN2.C4H9NO/c25-20-7-3-5-17(13-20)16-27-23-9-2-1-8-21(23)22-14-18(10-11-24(22)27)19-6-4-12-26-15-19;1-3(2)4(5)6/h3-7,10-15H,1-2,8-9,16H2;3H,1-2H3,(H2,5,6). The van der Waals surface area contributed by atoms with Crippen molar-refractivity contribution in [3.05, 3.63) is 89.6 Å². The molecule has 2 aromatic carbocycles. The molecule has 0 saturated heterocycles. The minimum absolute atomic E-state index is 0.00926. The molecule has 0 bridgehead atoms. The van der Waals surface area contributed by atoms with E-state index >= 15 is 0 Å². The molecule has 4 nitrogen and oxygen atoms in total. The van der Waals surface area contributed by atoms with Crippen molar-refractivity contribution in [2.45, 2.75) is 46.1 Å². The Kier molecular flexibility index (Phi) is 6.87. The largest absolute Gasteiger partial charge is 0.369 e. The van der Waals surface area contributed by atoms with Crippen molar-refractivity contribution in [3.63, 3.8) is 0 Å². The third kappa shape index (κ3) is 5.14. The van der Waals surface area contributed by atoms with Gasteiger partial charge in [0.05, 0.1) is 0 Å². The number of carbonyl (C=O) groups excluding carboxylic acids is 1. The number of benzene rings is 2. The number of aromatic nitrogens is 2. The van der Waals surface area contributed by atoms with E-state index in [0.717, 1.165) is 30.5 Å². The summed E-state index contributed by atoms with van der Waals surface area (Å²) in [5.74, 6) is -0.420. The highest BCUT2D eigenvalue weighted by Gasteiger charge is 2.20. The van der Waals surface area contributed by atoms with Crippen molar-refractivity contribution in [2.75, 3.05) is 0 Å². The second-order valence-electron chi connectivity index (χ2n) is 8.88. The van der Waals surface area contributed by atoms with Crippen molar-refractivity contribution >= 4 is 16.8 Å². The number of aryl methyl sites for hydroxylation is 1. The van der Waals surface area contributed by atoms with E-state index in [4.69, 9.17) is 5.73 Å². The zero-order valence-electron chi connectivity index (χ0n) is 19.2. The quantitative estimate of drug-likeness (QED) is 0.427. The monoisotopic (exact) mass is 443 g/mol. The molecule has 2 aromatic heterocycles. The lowest BCUT2D eigenvalue weighted by atomic mass is 9.94. The number of hydrogen-bond acceptors (Lipinski definition) is 2. The number of amides is 1. The first-order valence-electron chi connectivity index (χ1n) is 11.5. The average Bonchev–Trinajstić information content (AvgIpc) is 3.13. The van der Waals surface area contributed by atoms with Gasteiger partial charge in [-0.15, -0.1) is 0 Å². The molecule has 0 spiro atoms. The molecule has 2 N–H and O–H groups in total. The number of nitrogens with two attached hydrogens (primary N) is 1. The molecular weight excluding hydrogens is 413 g/mol. The zero-order chi connectivity index (χ0) is 23.4. The van der Waals surface area contributed by atoms with Gasteiger partial charge in [-0.3, -0.25) is 9.78 Å². The molecular formula is C28H30FN3O. The zero-order valence-corrected chi connectivity index (χ0v) is 19.2. The number of rotatable bonds is 4. The summed E-state index contributed by atoms with van der Waals surface area (Å²) in [6, 6.07) is 17.7. The van der Waals surface area contributed by atoms with Gasteiger partial charge in [0.15, 0.2) is 0 Å². The van der Waals surface area contributed by atoms with Crippen LogP contribution in [0.4, 0.5) is 4.39 Å². The summed E-state index contributed by atoms with van der Waals surface area (Å²) in [4.78, 5) is 14.2. The Bertz CT molecular complexity index is 1260. The molecule has 0 fully saturated rings. The smallest absolute Gasteiger partial charge is 0.219 e. The first-order chi connectivity index (χ1) is 15.9. The SMILES string of the molecule is CC(C)C(N)=O.Fc1cccc(Cn2c3c(c4cc(-c5cccnc5)ccc42)CCCC3)c1. The van der Waals surface area contributed by atoms with Crippen molar-refractivity contribution in [2.24, 2.45) is 11.7 Å². The van der Waals surface area contributed by atoms with Gasteiger partial charge in [-0.2, -0.15) is 0 Å². The van der Waals surface area contributed by atoms with E-state index in [9.17, 15) is 9.18 Å². The van der Waals surface area contributed by atoms with Crippen LogP contribution in [0.3, 0.4) is 0 Å². The van der Waals surface area contributed by atoms with E-state index in [-0.39, 0.29) is 17.6 Å². The van der Waals surface area contributed by atoms with Crippen LogP contribution in [0.2, 0.25) is 0 Å². The number of pyridine rings is 1. The molecule has 0 radical (unpaired) electrons. The van der Waals surface area contributed by atoms with Crippen LogP contribution >= 0.6 is 0 Å².